The van der Waals surface area contributed by atoms with Gasteiger partial charge in [0.25, 0.3) is 5.91 Å². The van der Waals surface area contributed by atoms with Crippen molar-refractivity contribution in [1.29, 1.82) is 0 Å². The van der Waals surface area contributed by atoms with E-state index in [0.717, 1.165) is 17.7 Å². The molecule has 0 fully saturated rings. The topological polar surface area (TPSA) is 45.1 Å². The molecule has 2 aromatic rings. The van der Waals surface area contributed by atoms with Crippen LogP contribution >= 0.6 is 0 Å². The van der Waals surface area contributed by atoms with Gasteiger partial charge in [-0.15, -0.1) is 0 Å². The average Bonchev–Trinajstić information content (AvgIpc) is 3.14. The predicted octanol–water partition coefficient (Wildman–Crippen LogP) is 2.77. The molecule has 2 aromatic carbocycles. The summed E-state index contributed by atoms with van der Waals surface area (Å²) in [5, 5.41) is 5.97. The minimum Gasteiger partial charge on any atom is -0.489 e. The van der Waals surface area contributed by atoms with Gasteiger partial charge in [-0.3, -0.25) is 9.69 Å². The van der Waals surface area contributed by atoms with Crippen LogP contribution in [0.3, 0.4) is 0 Å². The number of hydrazone groups is 1. The number of rotatable bonds is 7. The third kappa shape index (κ3) is 4.67. The normalized spacial score (nSPS) is 13.8. The fourth-order valence-corrected chi connectivity index (χ4v) is 2.74. The first-order valence-corrected chi connectivity index (χ1v) is 8.62. The van der Waals surface area contributed by atoms with Gasteiger partial charge in [0.2, 0.25) is 0 Å². The van der Waals surface area contributed by atoms with Gasteiger partial charge in [-0.25, -0.2) is 9.40 Å². The number of amides is 1. The van der Waals surface area contributed by atoms with Crippen LogP contribution in [-0.4, -0.2) is 54.8 Å². The second-order valence-corrected chi connectivity index (χ2v) is 6.20. The summed E-state index contributed by atoms with van der Waals surface area (Å²) in [7, 11) is 1.83. The molecule has 5 nitrogen and oxygen atoms in total. The molecule has 6 heteroatoms. The van der Waals surface area contributed by atoms with Gasteiger partial charge in [0.1, 0.15) is 6.61 Å². The fourth-order valence-electron chi connectivity index (χ4n) is 2.74. The standard InChI is InChI=1S/C20H22FN3O2/c1-23(13-14-26-19-10-6-5-9-17(19)21)15-20(25)24-12-11-18(22-24)16-7-3-2-4-8-16/h2-10H,11-15H2,1H3. The molecule has 0 spiro atoms. The first kappa shape index (κ1) is 18.1. The van der Waals surface area contributed by atoms with Crippen molar-refractivity contribution in [2.45, 2.75) is 6.42 Å². The lowest BCUT2D eigenvalue weighted by molar-refractivity contribution is -0.131. The maximum Gasteiger partial charge on any atom is 0.256 e. The van der Waals surface area contributed by atoms with Gasteiger partial charge in [-0.05, 0) is 24.7 Å². The highest BCUT2D eigenvalue weighted by Gasteiger charge is 2.22. The molecule has 1 heterocycles. The zero-order valence-electron chi connectivity index (χ0n) is 14.8. The van der Waals surface area contributed by atoms with Gasteiger partial charge in [0.05, 0.1) is 18.8 Å². The van der Waals surface area contributed by atoms with Crippen molar-refractivity contribution in [2.75, 3.05) is 33.3 Å². The molecule has 0 saturated heterocycles. The summed E-state index contributed by atoms with van der Waals surface area (Å²) >= 11 is 0. The quantitative estimate of drug-likeness (QED) is 0.767. The first-order valence-electron chi connectivity index (χ1n) is 8.62. The molecule has 1 aliphatic rings. The summed E-state index contributed by atoms with van der Waals surface area (Å²) in [6, 6.07) is 16.2. The number of hydrogen-bond acceptors (Lipinski definition) is 4. The second-order valence-electron chi connectivity index (χ2n) is 6.20. The van der Waals surface area contributed by atoms with Crippen molar-refractivity contribution in [2.24, 2.45) is 5.10 Å². The maximum atomic E-state index is 13.5. The zero-order chi connectivity index (χ0) is 18.4. The molecule has 0 N–H and O–H groups in total. The summed E-state index contributed by atoms with van der Waals surface area (Å²) in [6.07, 6.45) is 0.760. The third-order valence-electron chi connectivity index (χ3n) is 4.17. The smallest absolute Gasteiger partial charge is 0.256 e. The molecule has 0 aliphatic carbocycles. The van der Waals surface area contributed by atoms with Gasteiger partial charge >= 0.3 is 0 Å². The molecule has 1 aliphatic heterocycles. The molecule has 1 amide bonds. The van der Waals surface area contributed by atoms with Gasteiger partial charge in [-0.1, -0.05) is 42.5 Å². The van der Waals surface area contributed by atoms with Crippen molar-refractivity contribution in [3.8, 4) is 5.75 Å². The summed E-state index contributed by atoms with van der Waals surface area (Å²) in [5.41, 5.74) is 1.99. The third-order valence-corrected chi connectivity index (χ3v) is 4.17. The highest BCUT2D eigenvalue weighted by molar-refractivity contribution is 6.02. The highest BCUT2D eigenvalue weighted by Crippen LogP contribution is 2.15. The minimum absolute atomic E-state index is 0.0516. The van der Waals surface area contributed by atoms with E-state index in [2.05, 4.69) is 5.10 Å². The van der Waals surface area contributed by atoms with Crippen LogP contribution in [0.5, 0.6) is 5.75 Å². The molecular weight excluding hydrogens is 333 g/mol. The van der Waals surface area contributed by atoms with E-state index in [1.165, 1.54) is 11.1 Å². The van der Waals surface area contributed by atoms with Crippen LogP contribution in [0.25, 0.3) is 0 Å². The minimum atomic E-state index is -0.383. The number of carbonyl (C=O) groups is 1. The van der Waals surface area contributed by atoms with E-state index in [1.807, 2.05) is 42.3 Å². The fraction of sp³-hybridized carbons (Fsp3) is 0.300. The van der Waals surface area contributed by atoms with Crippen molar-refractivity contribution in [1.82, 2.24) is 9.91 Å². The molecule has 3 rings (SSSR count). The number of nitrogens with zero attached hydrogens (tertiary/aromatic N) is 3. The van der Waals surface area contributed by atoms with Crippen LogP contribution in [-0.2, 0) is 4.79 Å². The number of likely N-dealkylation sites (N-methyl/N-ethyl adjacent to an activating group) is 1. The Balaban J connectivity index is 1.46. The average molecular weight is 355 g/mol. The largest absolute Gasteiger partial charge is 0.489 e. The Labute approximate surface area is 152 Å². The summed E-state index contributed by atoms with van der Waals surface area (Å²) in [6.45, 7) is 1.67. The van der Waals surface area contributed by atoms with Gasteiger partial charge in [0.15, 0.2) is 11.6 Å². The van der Waals surface area contributed by atoms with Crippen LogP contribution in [0.15, 0.2) is 59.7 Å². The summed E-state index contributed by atoms with van der Waals surface area (Å²) < 4.78 is 18.9. The monoisotopic (exact) mass is 355 g/mol. The van der Waals surface area contributed by atoms with Crippen LogP contribution in [0.2, 0.25) is 0 Å². The number of halogens is 1. The van der Waals surface area contributed by atoms with E-state index in [0.29, 0.717) is 19.7 Å². The summed E-state index contributed by atoms with van der Waals surface area (Å²) in [5.74, 6) is -0.209. The number of hydrogen-bond donors (Lipinski definition) is 0. The van der Waals surface area contributed by atoms with E-state index in [9.17, 15) is 9.18 Å². The molecular formula is C20H22FN3O2. The van der Waals surface area contributed by atoms with Crippen LogP contribution < -0.4 is 4.74 Å². The molecule has 0 atom stereocenters. The summed E-state index contributed by atoms with van der Waals surface area (Å²) in [4.78, 5) is 14.2. The second kappa shape index (κ2) is 8.58. The van der Waals surface area contributed by atoms with Gasteiger partial charge in [-0.2, -0.15) is 5.10 Å². The zero-order valence-corrected chi connectivity index (χ0v) is 14.8. The Hall–Kier alpha value is -2.73. The SMILES string of the molecule is CN(CCOc1ccccc1F)CC(=O)N1CCC(c2ccccc2)=N1. The molecule has 0 aromatic heterocycles. The Morgan fingerprint density at radius 3 is 2.69 bits per heavy atom. The number of carbonyl (C=O) groups excluding carboxylic acids is 1. The van der Waals surface area contributed by atoms with Crippen LogP contribution in [0.4, 0.5) is 4.39 Å². The first-order chi connectivity index (χ1) is 12.6. The lowest BCUT2D eigenvalue weighted by Crippen LogP contribution is -2.36. The van der Waals surface area contributed by atoms with Gasteiger partial charge in [0, 0.05) is 13.0 Å². The molecule has 0 unspecified atom stereocenters. The van der Waals surface area contributed by atoms with E-state index < -0.39 is 0 Å². The molecule has 0 radical (unpaired) electrons. The highest BCUT2D eigenvalue weighted by atomic mass is 19.1. The van der Waals surface area contributed by atoms with E-state index in [1.54, 1.807) is 18.2 Å². The van der Waals surface area contributed by atoms with Crippen LogP contribution in [0, 0.1) is 5.82 Å². The molecule has 136 valence electrons. The van der Waals surface area contributed by atoms with Crippen molar-refractivity contribution < 1.29 is 13.9 Å². The maximum absolute atomic E-state index is 13.5. The van der Waals surface area contributed by atoms with Crippen molar-refractivity contribution >= 4 is 11.6 Å². The number of para-hydroxylation sites is 1. The van der Waals surface area contributed by atoms with E-state index in [4.69, 9.17) is 4.74 Å². The van der Waals surface area contributed by atoms with Gasteiger partial charge < -0.3 is 4.74 Å². The Bertz CT molecular complexity index is 780. The van der Waals surface area contributed by atoms with E-state index in [-0.39, 0.29) is 24.0 Å². The Kier molecular flexibility index (Phi) is 5.96. The Morgan fingerprint density at radius 1 is 1.19 bits per heavy atom. The van der Waals surface area contributed by atoms with Crippen LogP contribution in [0.1, 0.15) is 12.0 Å². The lowest BCUT2D eigenvalue weighted by atomic mass is 10.1. The molecule has 26 heavy (non-hydrogen) atoms. The van der Waals surface area contributed by atoms with Crippen molar-refractivity contribution in [3.05, 3.63) is 66.0 Å². The lowest BCUT2D eigenvalue weighted by Gasteiger charge is -2.19. The van der Waals surface area contributed by atoms with E-state index >= 15 is 0 Å². The predicted molar refractivity (Wildman–Crippen MR) is 98.7 cm³/mol. The Morgan fingerprint density at radius 2 is 1.92 bits per heavy atom. The molecule has 0 saturated carbocycles. The number of ether oxygens (including phenoxy) is 1. The van der Waals surface area contributed by atoms with Crippen molar-refractivity contribution in [3.63, 3.8) is 0 Å². The molecule has 0 bridgehead atoms. The number of benzene rings is 2.